The second-order valence-electron chi connectivity index (χ2n) is 6.34. The number of hydrogen-bond acceptors (Lipinski definition) is 1. The van der Waals surface area contributed by atoms with E-state index >= 15 is 0 Å². The minimum absolute atomic E-state index is 0.337. The molecule has 1 heteroatoms. The Morgan fingerprint density at radius 3 is 2.71 bits per heavy atom. The van der Waals surface area contributed by atoms with E-state index in [0.29, 0.717) is 11.5 Å². The van der Waals surface area contributed by atoms with E-state index in [-0.39, 0.29) is 0 Å². The van der Waals surface area contributed by atoms with Crippen LogP contribution in [0.4, 0.5) is 0 Å². The SMILES string of the molecule is CC(C)(C)Cc1cccc(C2CCCCO2)c1. The predicted molar refractivity (Wildman–Crippen MR) is 72.1 cm³/mol. The summed E-state index contributed by atoms with van der Waals surface area (Å²) in [6.07, 6.45) is 5.17. The first-order chi connectivity index (χ1) is 8.04. The highest BCUT2D eigenvalue weighted by molar-refractivity contribution is 5.26. The predicted octanol–water partition coefficient (Wildman–Crippen LogP) is 4.52. The van der Waals surface area contributed by atoms with Gasteiger partial charge in [0, 0.05) is 6.61 Å². The molecule has 1 aromatic rings. The molecule has 17 heavy (non-hydrogen) atoms. The molecule has 1 nitrogen and oxygen atoms in total. The summed E-state index contributed by atoms with van der Waals surface area (Å²) in [7, 11) is 0. The lowest BCUT2D eigenvalue weighted by Gasteiger charge is -2.24. The van der Waals surface area contributed by atoms with E-state index in [1.807, 2.05) is 0 Å². The molecule has 0 saturated carbocycles. The van der Waals surface area contributed by atoms with Crippen LogP contribution >= 0.6 is 0 Å². The molecule has 1 aliphatic rings. The van der Waals surface area contributed by atoms with Crippen LogP contribution in [0.2, 0.25) is 0 Å². The number of rotatable bonds is 2. The molecule has 1 atom stereocenters. The van der Waals surface area contributed by atoms with Crippen molar-refractivity contribution in [3.05, 3.63) is 35.4 Å². The minimum atomic E-state index is 0.337. The molecule has 1 saturated heterocycles. The van der Waals surface area contributed by atoms with E-state index in [2.05, 4.69) is 45.0 Å². The molecule has 0 spiro atoms. The van der Waals surface area contributed by atoms with Crippen molar-refractivity contribution < 1.29 is 4.74 Å². The Hall–Kier alpha value is -0.820. The van der Waals surface area contributed by atoms with Gasteiger partial charge in [-0.2, -0.15) is 0 Å². The Labute approximate surface area is 105 Å². The fourth-order valence-corrected chi connectivity index (χ4v) is 2.52. The Bertz CT molecular complexity index is 356. The average molecular weight is 232 g/mol. The Kier molecular flexibility index (Phi) is 3.88. The summed E-state index contributed by atoms with van der Waals surface area (Å²) in [5, 5.41) is 0. The normalized spacial score (nSPS) is 21.5. The van der Waals surface area contributed by atoms with Crippen LogP contribution in [0.5, 0.6) is 0 Å². The number of benzene rings is 1. The molecule has 2 rings (SSSR count). The molecule has 94 valence electrons. The van der Waals surface area contributed by atoms with Gasteiger partial charge in [-0.1, -0.05) is 45.0 Å². The minimum Gasteiger partial charge on any atom is -0.374 e. The third-order valence-electron chi connectivity index (χ3n) is 3.24. The van der Waals surface area contributed by atoms with Crippen molar-refractivity contribution in [2.75, 3.05) is 6.61 Å². The van der Waals surface area contributed by atoms with Crippen LogP contribution in [0.25, 0.3) is 0 Å². The smallest absolute Gasteiger partial charge is 0.0825 e. The van der Waals surface area contributed by atoms with Crippen LogP contribution in [0.15, 0.2) is 24.3 Å². The average Bonchev–Trinajstić information content (AvgIpc) is 2.28. The molecule has 0 aliphatic carbocycles. The fraction of sp³-hybridized carbons (Fsp3) is 0.625. The van der Waals surface area contributed by atoms with Crippen LogP contribution in [-0.4, -0.2) is 6.61 Å². The standard InChI is InChI=1S/C16H24O/c1-16(2,3)12-13-7-6-8-14(11-13)15-9-4-5-10-17-15/h6-8,11,15H,4-5,9-10,12H2,1-3H3. The van der Waals surface area contributed by atoms with Gasteiger partial charge < -0.3 is 4.74 Å². The highest BCUT2D eigenvalue weighted by Gasteiger charge is 2.17. The third kappa shape index (κ3) is 3.85. The molecule has 0 aromatic heterocycles. The zero-order valence-corrected chi connectivity index (χ0v) is 11.3. The first-order valence-electron chi connectivity index (χ1n) is 6.75. The van der Waals surface area contributed by atoms with Crippen LogP contribution in [0, 0.1) is 5.41 Å². The van der Waals surface area contributed by atoms with E-state index in [9.17, 15) is 0 Å². The highest BCUT2D eigenvalue weighted by atomic mass is 16.5. The van der Waals surface area contributed by atoms with E-state index in [1.165, 1.54) is 30.4 Å². The summed E-state index contributed by atoms with van der Waals surface area (Å²) in [5.41, 5.74) is 3.15. The van der Waals surface area contributed by atoms with Gasteiger partial charge in [-0.3, -0.25) is 0 Å². The topological polar surface area (TPSA) is 9.23 Å². The lowest BCUT2D eigenvalue weighted by atomic mass is 9.87. The van der Waals surface area contributed by atoms with Gasteiger partial charge in [0.2, 0.25) is 0 Å². The molecule has 1 heterocycles. The monoisotopic (exact) mass is 232 g/mol. The molecule has 1 aromatic carbocycles. The molecule has 0 bridgehead atoms. The summed E-state index contributed by atoms with van der Waals surface area (Å²) >= 11 is 0. The van der Waals surface area contributed by atoms with Crippen molar-refractivity contribution in [1.29, 1.82) is 0 Å². The second kappa shape index (κ2) is 5.22. The maximum atomic E-state index is 5.85. The lowest BCUT2D eigenvalue weighted by molar-refractivity contribution is 0.0149. The third-order valence-corrected chi connectivity index (χ3v) is 3.24. The molecule has 1 aliphatic heterocycles. The molecular formula is C16H24O. The van der Waals surface area contributed by atoms with Crippen LogP contribution in [0.1, 0.15) is 57.3 Å². The van der Waals surface area contributed by atoms with Gasteiger partial charge in [0.25, 0.3) is 0 Å². The van der Waals surface area contributed by atoms with Crippen LogP contribution in [-0.2, 0) is 11.2 Å². The van der Waals surface area contributed by atoms with Gasteiger partial charge in [-0.15, -0.1) is 0 Å². The van der Waals surface area contributed by atoms with E-state index in [4.69, 9.17) is 4.74 Å². The Morgan fingerprint density at radius 2 is 2.06 bits per heavy atom. The number of hydrogen-bond donors (Lipinski definition) is 0. The summed E-state index contributed by atoms with van der Waals surface area (Å²) in [6.45, 7) is 7.79. The van der Waals surface area contributed by atoms with Crippen molar-refractivity contribution in [2.45, 2.75) is 52.6 Å². The first-order valence-corrected chi connectivity index (χ1v) is 6.75. The summed E-state index contributed by atoms with van der Waals surface area (Å²) in [4.78, 5) is 0. The van der Waals surface area contributed by atoms with E-state index < -0.39 is 0 Å². The number of ether oxygens (including phenoxy) is 1. The maximum Gasteiger partial charge on any atom is 0.0825 e. The van der Waals surface area contributed by atoms with Gasteiger partial charge in [-0.05, 0) is 42.2 Å². The van der Waals surface area contributed by atoms with E-state index in [0.717, 1.165) is 13.0 Å². The van der Waals surface area contributed by atoms with Gasteiger partial charge in [0.15, 0.2) is 0 Å². The molecule has 1 unspecified atom stereocenters. The zero-order valence-electron chi connectivity index (χ0n) is 11.3. The van der Waals surface area contributed by atoms with Crippen molar-refractivity contribution in [3.8, 4) is 0 Å². The summed E-state index contributed by atoms with van der Waals surface area (Å²) in [6, 6.07) is 8.95. The summed E-state index contributed by atoms with van der Waals surface area (Å²) < 4.78 is 5.85. The summed E-state index contributed by atoms with van der Waals surface area (Å²) in [5.74, 6) is 0. The van der Waals surface area contributed by atoms with Crippen LogP contribution < -0.4 is 0 Å². The maximum absolute atomic E-state index is 5.85. The largest absolute Gasteiger partial charge is 0.374 e. The van der Waals surface area contributed by atoms with Gasteiger partial charge in [0.1, 0.15) is 0 Å². The first kappa shape index (κ1) is 12.6. The highest BCUT2D eigenvalue weighted by Crippen LogP contribution is 2.29. The molecule has 1 fully saturated rings. The van der Waals surface area contributed by atoms with Crippen molar-refractivity contribution >= 4 is 0 Å². The van der Waals surface area contributed by atoms with E-state index in [1.54, 1.807) is 0 Å². The van der Waals surface area contributed by atoms with Crippen molar-refractivity contribution in [2.24, 2.45) is 5.41 Å². The Balaban J connectivity index is 2.10. The fourth-order valence-electron chi connectivity index (χ4n) is 2.52. The van der Waals surface area contributed by atoms with Gasteiger partial charge in [-0.25, -0.2) is 0 Å². The second-order valence-corrected chi connectivity index (χ2v) is 6.34. The van der Waals surface area contributed by atoms with Crippen LogP contribution in [0.3, 0.4) is 0 Å². The van der Waals surface area contributed by atoms with Crippen molar-refractivity contribution in [1.82, 2.24) is 0 Å². The zero-order chi connectivity index (χ0) is 12.3. The van der Waals surface area contributed by atoms with Crippen molar-refractivity contribution in [3.63, 3.8) is 0 Å². The lowest BCUT2D eigenvalue weighted by Crippen LogP contribution is -2.13. The van der Waals surface area contributed by atoms with Gasteiger partial charge in [0.05, 0.1) is 6.10 Å². The molecule has 0 N–H and O–H groups in total. The molecule has 0 amide bonds. The molecular weight excluding hydrogens is 208 g/mol. The molecule has 0 radical (unpaired) electrons. The van der Waals surface area contributed by atoms with Gasteiger partial charge >= 0.3 is 0 Å². The Morgan fingerprint density at radius 1 is 1.24 bits per heavy atom. The quantitative estimate of drug-likeness (QED) is 0.728.